The molecule has 1 aliphatic heterocycles. The molecule has 1 heterocycles. The van der Waals surface area contributed by atoms with E-state index in [1.807, 2.05) is 25.1 Å². The zero-order chi connectivity index (χ0) is 15.0. The molecule has 3 rings (SSSR count). The standard InChI is InChI=1S/C16H13BrFNOS/c1-10-3-2-4-11(7-10)16-19(15(20)9-21-16)12-5-6-13(17)14(18)8-12/h2-8,16H,9H2,1H3. The third-order valence-corrected chi connectivity index (χ3v) is 5.23. The van der Waals surface area contributed by atoms with E-state index in [-0.39, 0.29) is 17.1 Å². The van der Waals surface area contributed by atoms with Gasteiger partial charge in [-0.05, 0) is 46.6 Å². The summed E-state index contributed by atoms with van der Waals surface area (Å²) in [7, 11) is 0. The van der Waals surface area contributed by atoms with Gasteiger partial charge in [-0.3, -0.25) is 9.69 Å². The minimum Gasteiger partial charge on any atom is -0.295 e. The lowest BCUT2D eigenvalue weighted by Gasteiger charge is -2.24. The molecule has 0 saturated carbocycles. The van der Waals surface area contributed by atoms with Gasteiger partial charge in [-0.15, -0.1) is 11.8 Å². The minimum atomic E-state index is -0.361. The zero-order valence-electron chi connectivity index (χ0n) is 11.3. The van der Waals surface area contributed by atoms with Gasteiger partial charge in [0.2, 0.25) is 5.91 Å². The van der Waals surface area contributed by atoms with Crippen LogP contribution in [0.2, 0.25) is 0 Å². The molecule has 1 atom stereocenters. The van der Waals surface area contributed by atoms with Gasteiger partial charge in [0.05, 0.1) is 10.2 Å². The molecule has 21 heavy (non-hydrogen) atoms. The fourth-order valence-electron chi connectivity index (χ4n) is 2.41. The van der Waals surface area contributed by atoms with E-state index in [9.17, 15) is 9.18 Å². The molecule has 1 aliphatic rings. The Morgan fingerprint density at radius 1 is 1.29 bits per heavy atom. The molecule has 1 unspecified atom stereocenters. The van der Waals surface area contributed by atoms with Gasteiger partial charge in [-0.2, -0.15) is 0 Å². The van der Waals surface area contributed by atoms with Crippen LogP contribution in [0.3, 0.4) is 0 Å². The number of thioether (sulfide) groups is 1. The second kappa shape index (κ2) is 5.81. The highest BCUT2D eigenvalue weighted by atomic mass is 79.9. The third kappa shape index (κ3) is 2.85. The monoisotopic (exact) mass is 365 g/mol. The van der Waals surface area contributed by atoms with Crippen molar-refractivity contribution in [1.29, 1.82) is 0 Å². The molecule has 0 spiro atoms. The van der Waals surface area contributed by atoms with Crippen LogP contribution < -0.4 is 4.90 Å². The second-order valence-corrected chi connectivity index (χ2v) is 6.86. The maximum absolute atomic E-state index is 13.8. The highest BCUT2D eigenvalue weighted by Crippen LogP contribution is 2.42. The van der Waals surface area contributed by atoms with E-state index in [2.05, 4.69) is 22.0 Å². The first-order valence-electron chi connectivity index (χ1n) is 6.51. The number of carbonyl (C=O) groups excluding carboxylic acids is 1. The zero-order valence-corrected chi connectivity index (χ0v) is 13.7. The smallest absolute Gasteiger partial charge is 0.238 e. The maximum atomic E-state index is 13.8. The molecule has 1 saturated heterocycles. The number of amides is 1. The lowest BCUT2D eigenvalue weighted by molar-refractivity contribution is -0.115. The molecule has 2 aromatic rings. The summed E-state index contributed by atoms with van der Waals surface area (Å²) in [5, 5.41) is -0.0991. The summed E-state index contributed by atoms with van der Waals surface area (Å²) in [5.74, 6) is 0.0597. The lowest BCUT2D eigenvalue weighted by atomic mass is 10.1. The van der Waals surface area contributed by atoms with Crippen molar-refractivity contribution >= 4 is 39.3 Å². The van der Waals surface area contributed by atoms with Crippen molar-refractivity contribution in [1.82, 2.24) is 0 Å². The Morgan fingerprint density at radius 3 is 2.81 bits per heavy atom. The van der Waals surface area contributed by atoms with Crippen LogP contribution in [0.1, 0.15) is 16.5 Å². The molecular formula is C16H13BrFNOS. The normalized spacial score (nSPS) is 18.3. The summed E-state index contributed by atoms with van der Waals surface area (Å²) < 4.78 is 14.2. The van der Waals surface area contributed by atoms with Gasteiger partial charge in [-0.1, -0.05) is 29.8 Å². The molecule has 108 valence electrons. The van der Waals surface area contributed by atoms with Crippen molar-refractivity contribution in [2.75, 3.05) is 10.7 Å². The summed E-state index contributed by atoms with van der Waals surface area (Å²) in [5.41, 5.74) is 2.81. The average Bonchev–Trinajstić information content (AvgIpc) is 2.84. The lowest BCUT2D eigenvalue weighted by Crippen LogP contribution is -2.27. The third-order valence-electron chi connectivity index (χ3n) is 3.38. The van der Waals surface area contributed by atoms with E-state index < -0.39 is 0 Å². The Labute approximate surface area is 135 Å². The number of hydrogen-bond donors (Lipinski definition) is 0. The van der Waals surface area contributed by atoms with Crippen molar-refractivity contribution in [3.63, 3.8) is 0 Å². The van der Waals surface area contributed by atoms with E-state index in [0.717, 1.165) is 11.1 Å². The van der Waals surface area contributed by atoms with Crippen molar-refractivity contribution in [3.05, 3.63) is 63.9 Å². The highest BCUT2D eigenvalue weighted by Gasteiger charge is 2.34. The molecule has 0 aromatic heterocycles. The van der Waals surface area contributed by atoms with Crippen LogP contribution in [0.4, 0.5) is 10.1 Å². The first-order chi connectivity index (χ1) is 10.1. The van der Waals surface area contributed by atoms with Crippen molar-refractivity contribution in [3.8, 4) is 0 Å². The Kier molecular flexibility index (Phi) is 4.04. The quantitative estimate of drug-likeness (QED) is 0.770. The van der Waals surface area contributed by atoms with Gasteiger partial charge in [0.15, 0.2) is 0 Å². The largest absolute Gasteiger partial charge is 0.295 e. The molecule has 0 bridgehead atoms. The van der Waals surface area contributed by atoms with Crippen LogP contribution in [0, 0.1) is 12.7 Å². The average molecular weight is 366 g/mol. The van der Waals surface area contributed by atoms with Crippen molar-refractivity contribution < 1.29 is 9.18 Å². The van der Waals surface area contributed by atoms with Gasteiger partial charge in [0.1, 0.15) is 11.2 Å². The summed E-state index contributed by atoms with van der Waals surface area (Å²) in [4.78, 5) is 13.9. The molecule has 0 aliphatic carbocycles. The van der Waals surface area contributed by atoms with E-state index >= 15 is 0 Å². The number of carbonyl (C=O) groups is 1. The van der Waals surface area contributed by atoms with Gasteiger partial charge >= 0.3 is 0 Å². The van der Waals surface area contributed by atoms with Gasteiger partial charge in [0.25, 0.3) is 0 Å². The number of nitrogens with zero attached hydrogens (tertiary/aromatic N) is 1. The summed E-state index contributed by atoms with van der Waals surface area (Å²) in [6.45, 7) is 2.02. The second-order valence-electron chi connectivity index (χ2n) is 4.94. The van der Waals surface area contributed by atoms with Crippen LogP contribution >= 0.6 is 27.7 Å². The van der Waals surface area contributed by atoms with Gasteiger partial charge in [-0.25, -0.2) is 4.39 Å². The van der Waals surface area contributed by atoms with Crippen LogP contribution in [0.5, 0.6) is 0 Å². The molecule has 0 radical (unpaired) electrons. The van der Waals surface area contributed by atoms with E-state index in [4.69, 9.17) is 0 Å². The molecule has 1 amide bonds. The number of halogens is 2. The topological polar surface area (TPSA) is 20.3 Å². The SMILES string of the molecule is Cc1cccc(C2SCC(=O)N2c2ccc(Br)c(F)c2)c1. The van der Waals surface area contributed by atoms with Crippen LogP contribution in [-0.4, -0.2) is 11.7 Å². The number of anilines is 1. The van der Waals surface area contributed by atoms with E-state index in [1.54, 1.807) is 28.8 Å². The van der Waals surface area contributed by atoms with Crippen LogP contribution in [0.25, 0.3) is 0 Å². The maximum Gasteiger partial charge on any atom is 0.238 e. The number of hydrogen-bond acceptors (Lipinski definition) is 2. The summed E-state index contributed by atoms with van der Waals surface area (Å²) in [6.07, 6.45) is 0. The predicted octanol–water partition coefficient (Wildman–Crippen LogP) is 4.68. The summed E-state index contributed by atoms with van der Waals surface area (Å²) in [6, 6.07) is 12.9. The molecular weight excluding hydrogens is 353 g/mol. The minimum absolute atomic E-state index is 0.00762. The van der Waals surface area contributed by atoms with Crippen LogP contribution in [0.15, 0.2) is 46.9 Å². The Bertz CT molecular complexity index is 706. The number of benzene rings is 2. The molecule has 0 N–H and O–H groups in total. The fourth-order valence-corrected chi connectivity index (χ4v) is 3.82. The Morgan fingerprint density at radius 2 is 2.10 bits per heavy atom. The number of aryl methyl sites for hydroxylation is 1. The molecule has 5 heteroatoms. The van der Waals surface area contributed by atoms with Gasteiger partial charge in [0, 0.05) is 5.69 Å². The fraction of sp³-hybridized carbons (Fsp3) is 0.188. The first kappa shape index (κ1) is 14.6. The summed E-state index contributed by atoms with van der Waals surface area (Å²) >= 11 is 4.71. The molecule has 1 fully saturated rings. The van der Waals surface area contributed by atoms with Crippen LogP contribution in [-0.2, 0) is 4.79 Å². The molecule has 2 aromatic carbocycles. The van der Waals surface area contributed by atoms with Crippen molar-refractivity contribution in [2.45, 2.75) is 12.3 Å². The Balaban J connectivity index is 2.01. The van der Waals surface area contributed by atoms with E-state index in [1.165, 1.54) is 6.07 Å². The van der Waals surface area contributed by atoms with E-state index in [0.29, 0.717) is 15.9 Å². The predicted molar refractivity (Wildman–Crippen MR) is 88.0 cm³/mol. The molecule has 2 nitrogen and oxygen atoms in total. The highest BCUT2D eigenvalue weighted by molar-refractivity contribution is 9.10. The van der Waals surface area contributed by atoms with Crippen molar-refractivity contribution in [2.24, 2.45) is 0 Å². The number of rotatable bonds is 2. The Hall–Kier alpha value is -1.33. The van der Waals surface area contributed by atoms with Gasteiger partial charge < -0.3 is 0 Å². The first-order valence-corrected chi connectivity index (χ1v) is 8.36.